The highest BCUT2D eigenvalue weighted by molar-refractivity contribution is 7.99. The number of benzene rings is 3. The molecule has 3 nitrogen and oxygen atoms in total. The van der Waals surface area contributed by atoms with E-state index in [-0.39, 0.29) is 11.7 Å². The van der Waals surface area contributed by atoms with Gasteiger partial charge in [0.2, 0.25) is 5.91 Å². The summed E-state index contributed by atoms with van der Waals surface area (Å²) in [5, 5.41) is 2.75. The number of nitrogens with one attached hydrogen (secondary N) is 1. The molecule has 0 spiro atoms. The van der Waals surface area contributed by atoms with Crippen LogP contribution in [0.15, 0.2) is 88.7 Å². The summed E-state index contributed by atoms with van der Waals surface area (Å²) in [5.74, 6) is -0.314. The van der Waals surface area contributed by atoms with Gasteiger partial charge in [-0.2, -0.15) is 0 Å². The van der Waals surface area contributed by atoms with Crippen LogP contribution in [-0.2, 0) is 4.79 Å². The number of hydrogen-bond acceptors (Lipinski definition) is 3. The molecular formula is C21H17NO2S. The van der Waals surface area contributed by atoms with Crippen LogP contribution in [0.25, 0.3) is 0 Å². The molecular weight excluding hydrogens is 330 g/mol. The van der Waals surface area contributed by atoms with Gasteiger partial charge in [-0.15, -0.1) is 0 Å². The van der Waals surface area contributed by atoms with E-state index in [1.165, 1.54) is 6.92 Å². The average Bonchev–Trinajstić information content (AvgIpc) is 2.63. The van der Waals surface area contributed by atoms with Crippen molar-refractivity contribution in [2.75, 3.05) is 5.32 Å². The number of amides is 1. The molecule has 124 valence electrons. The van der Waals surface area contributed by atoms with Crippen molar-refractivity contribution in [1.82, 2.24) is 0 Å². The summed E-state index contributed by atoms with van der Waals surface area (Å²) in [4.78, 5) is 26.4. The summed E-state index contributed by atoms with van der Waals surface area (Å²) >= 11 is 1.58. The number of carbonyl (C=O) groups excluding carboxylic acids is 2. The molecule has 0 atom stereocenters. The van der Waals surface area contributed by atoms with E-state index in [4.69, 9.17) is 0 Å². The van der Waals surface area contributed by atoms with Crippen molar-refractivity contribution in [3.8, 4) is 0 Å². The lowest BCUT2D eigenvalue weighted by atomic mass is 10.0. The van der Waals surface area contributed by atoms with Gasteiger partial charge in [0.15, 0.2) is 5.78 Å². The van der Waals surface area contributed by atoms with Gasteiger partial charge in [0, 0.05) is 27.8 Å². The first-order valence-electron chi connectivity index (χ1n) is 7.88. The average molecular weight is 347 g/mol. The Labute approximate surface area is 151 Å². The van der Waals surface area contributed by atoms with E-state index in [0.29, 0.717) is 16.8 Å². The van der Waals surface area contributed by atoms with Gasteiger partial charge >= 0.3 is 0 Å². The van der Waals surface area contributed by atoms with Crippen LogP contribution in [0.4, 0.5) is 5.69 Å². The van der Waals surface area contributed by atoms with Gasteiger partial charge in [-0.05, 0) is 30.3 Å². The first-order chi connectivity index (χ1) is 12.1. The predicted molar refractivity (Wildman–Crippen MR) is 101 cm³/mol. The predicted octanol–water partition coefficient (Wildman–Crippen LogP) is 5.03. The van der Waals surface area contributed by atoms with Crippen molar-refractivity contribution in [1.29, 1.82) is 0 Å². The monoisotopic (exact) mass is 347 g/mol. The molecule has 0 aliphatic rings. The van der Waals surface area contributed by atoms with Gasteiger partial charge in [-0.3, -0.25) is 9.59 Å². The third-order valence-electron chi connectivity index (χ3n) is 3.56. The molecule has 25 heavy (non-hydrogen) atoms. The molecule has 0 radical (unpaired) electrons. The molecule has 1 N–H and O–H groups in total. The maximum absolute atomic E-state index is 12.9. The van der Waals surface area contributed by atoms with Crippen molar-refractivity contribution >= 4 is 29.1 Å². The van der Waals surface area contributed by atoms with Gasteiger partial charge in [0.05, 0.1) is 5.69 Å². The Morgan fingerprint density at radius 2 is 1.44 bits per heavy atom. The maximum atomic E-state index is 12.9. The standard InChI is InChI=1S/C21H17NO2S/c1-15(23)22-20-13-12-18(25-17-10-6-3-7-11-17)14-19(20)21(24)16-8-4-2-5-9-16/h2-14H,1H3,(H,22,23). The lowest BCUT2D eigenvalue weighted by molar-refractivity contribution is -0.114. The second kappa shape index (κ2) is 7.81. The van der Waals surface area contributed by atoms with Crippen LogP contribution in [-0.4, -0.2) is 11.7 Å². The minimum Gasteiger partial charge on any atom is -0.326 e. The lowest BCUT2D eigenvalue weighted by Gasteiger charge is -2.11. The Kier molecular flexibility index (Phi) is 5.31. The van der Waals surface area contributed by atoms with Crippen LogP contribution in [0.1, 0.15) is 22.8 Å². The van der Waals surface area contributed by atoms with Gasteiger partial charge in [0.1, 0.15) is 0 Å². The van der Waals surface area contributed by atoms with Crippen LogP contribution >= 0.6 is 11.8 Å². The Hall–Kier alpha value is -2.85. The van der Waals surface area contributed by atoms with Crippen LogP contribution in [0.3, 0.4) is 0 Å². The molecule has 0 fully saturated rings. The molecule has 0 saturated carbocycles. The summed E-state index contributed by atoms with van der Waals surface area (Å²) < 4.78 is 0. The first kappa shape index (κ1) is 17.0. The zero-order valence-corrected chi connectivity index (χ0v) is 14.5. The minimum absolute atomic E-state index is 0.111. The van der Waals surface area contributed by atoms with Gasteiger partial charge in [0.25, 0.3) is 0 Å². The topological polar surface area (TPSA) is 46.2 Å². The molecule has 0 aliphatic heterocycles. The number of hydrogen-bond donors (Lipinski definition) is 1. The van der Waals surface area contributed by atoms with E-state index in [1.807, 2.05) is 60.7 Å². The molecule has 3 aromatic rings. The third-order valence-corrected chi connectivity index (χ3v) is 4.56. The van der Waals surface area contributed by atoms with Gasteiger partial charge < -0.3 is 5.32 Å². The quantitative estimate of drug-likeness (QED) is 0.659. The second-order valence-electron chi connectivity index (χ2n) is 5.50. The lowest BCUT2D eigenvalue weighted by Crippen LogP contribution is -2.11. The second-order valence-corrected chi connectivity index (χ2v) is 6.65. The highest BCUT2D eigenvalue weighted by Gasteiger charge is 2.15. The molecule has 1 amide bonds. The van der Waals surface area contributed by atoms with E-state index in [9.17, 15) is 9.59 Å². The SMILES string of the molecule is CC(=O)Nc1ccc(Sc2ccccc2)cc1C(=O)c1ccccc1. The third kappa shape index (κ3) is 4.37. The summed E-state index contributed by atoms with van der Waals surface area (Å²) in [6.45, 7) is 1.43. The van der Waals surface area contributed by atoms with E-state index in [2.05, 4.69) is 5.32 Å². The largest absolute Gasteiger partial charge is 0.326 e. The fourth-order valence-electron chi connectivity index (χ4n) is 2.44. The molecule has 0 heterocycles. The van der Waals surface area contributed by atoms with E-state index >= 15 is 0 Å². The van der Waals surface area contributed by atoms with Crippen molar-refractivity contribution in [2.24, 2.45) is 0 Å². The van der Waals surface area contributed by atoms with Crippen LogP contribution in [0.5, 0.6) is 0 Å². The molecule has 0 saturated heterocycles. The first-order valence-corrected chi connectivity index (χ1v) is 8.69. The van der Waals surface area contributed by atoms with Crippen molar-refractivity contribution in [3.05, 3.63) is 90.0 Å². The zero-order valence-electron chi connectivity index (χ0n) is 13.7. The minimum atomic E-state index is -0.203. The summed E-state index contributed by atoms with van der Waals surface area (Å²) in [6.07, 6.45) is 0. The Bertz CT molecular complexity index is 892. The fraction of sp³-hybridized carbons (Fsp3) is 0.0476. The van der Waals surface area contributed by atoms with Crippen molar-refractivity contribution in [2.45, 2.75) is 16.7 Å². The number of anilines is 1. The summed E-state index contributed by atoms with van der Waals surface area (Å²) in [5.41, 5.74) is 1.61. The van der Waals surface area contributed by atoms with Gasteiger partial charge in [-0.1, -0.05) is 60.3 Å². The summed E-state index contributed by atoms with van der Waals surface area (Å²) in [7, 11) is 0. The van der Waals surface area contributed by atoms with E-state index in [1.54, 1.807) is 30.0 Å². The van der Waals surface area contributed by atoms with Crippen LogP contribution in [0.2, 0.25) is 0 Å². The number of carbonyl (C=O) groups is 2. The highest BCUT2D eigenvalue weighted by atomic mass is 32.2. The highest BCUT2D eigenvalue weighted by Crippen LogP contribution is 2.31. The molecule has 3 rings (SSSR count). The zero-order chi connectivity index (χ0) is 17.6. The van der Waals surface area contributed by atoms with E-state index < -0.39 is 0 Å². The summed E-state index contributed by atoms with van der Waals surface area (Å²) in [6, 6.07) is 24.5. The van der Waals surface area contributed by atoms with Crippen LogP contribution < -0.4 is 5.32 Å². The maximum Gasteiger partial charge on any atom is 0.221 e. The molecule has 4 heteroatoms. The normalized spacial score (nSPS) is 10.3. The Balaban J connectivity index is 1.98. The molecule has 0 unspecified atom stereocenters. The van der Waals surface area contributed by atoms with Crippen molar-refractivity contribution in [3.63, 3.8) is 0 Å². The molecule has 0 aliphatic carbocycles. The molecule has 3 aromatic carbocycles. The Morgan fingerprint density at radius 1 is 0.800 bits per heavy atom. The number of ketones is 1. The van der Waals surface area contributed by atoms with Gasteiger partial charge in [-0.25, -0.2) is 0 Å². The Morgan fingerprint density at radius 3 is 2.08 bits per heavy atom. The van der Waals surface area contributed by atoms with Crippen LogP contribution in [0, 0.1) is 0 Å². The number of rotatable bonds is 5. The van der Waals surface area contributed by atoms with Crippen molar-refractivity contribution < 1.29 is 9.59 Å². The molecule has 0 bridgehead atoms. The smallest absolute Gasteiger partial charge is 0.221 e. The molecule has 0 aromatic heterocycles. The van der Waals surface area contributed by atoms with E-state index in [0.717, 1.165) is 9.79 Å². The fourth-order valence-corrected chi connectivity index (χ4v) is 3.32.